The first-order valence-electron chi connectivity index (χ1n) is 6.41. The van der Waals surface area contributed by atoms with Gasteiger partial charge in [0, 0.05) is 12.6 Å². The Morgan fingerprint density at radius 3 is 2.80 bits per heavy atom. The number of hydrogen-bond donors (Lipinski definition) is 1. The SMILES string of the molecule is CCNCc1cccc(Oc2ccc(OC)cc2Br)n1. The Morgan fingerprint density at radius 2 is 2.10 bits per heavy atom. The van der Waals surface area contributed by atoms with Gasteiger partial charge < -0.3 is 14.8 Å². The molecule has 0 aliphatic heterocycles. The van der Waals surface area contributed by atoms with E-state index in [4.69, 9.17) is 9.47 Å². The van der Waals surface area contributed by atoms with Crippen LogP contribution in [-0.2, 0) is 6.54 Å². The Balaban J connectivity index is 2.13. The molecule has 1 aromatic carbocycles. The van der Waals surface area contributed by atoms with Gasteiger partial charge in [-0.15, -0.1) is 0 Å². The smallest absolute Gasteiger partial charge is 0.219 e. The van der Waals surface area contributed by atoms with Gasteiger partial charge in [0.25, 0.3) is 0 Å². The summed E-state index contributed by atoms with van der Waals surface area (Å²) in [6, 6.07) is 11.3. The maximum Gasteiger partial charge on any atom is 0.219 e. The van der Waals surface area contributed by atoms with Crippen LogP contribution in [0.1, 0.15) is 12.6 Å². The van der Waals surface area contributed by atoms with E-state index in [0.29, 0.717) is 11.6 Å². The molecule has 2 rings (SSSR count). The predicted molar refractivity (Wildman–Crippen MR) is 82.4 cm³/mol. The fraction of sp³-hybridized carbons (Fsp3) is 0.267. The number of ether oxygens (including phenoxy) is 2. The van der Waals surface area contributed by atoms with Crippen molar-refractivity contribution in [2.75, 3.05) is 13.7 Å². The summed E-state index contributed by atoms with van der Waals surface area (Å²) in [5, 5.41) is 3.24. The van der Waals surface area contributed by atoms with E-state index in [1.54, 1.807) is 7.11 Å². The number of benzene rings is 1. The van der Waals surface area contributed by atoms with Gasteiger partial charge in [-0.1, -0.05) is 13.0 Å². The molecular weight excluding hydrogens is 320 g/mol. The number of halogens is 1. The summed E-state index contributed by atoms with van der Waals surface area (Å²) in [4.78, 5) is 4.45. The molecule has 0 bridgehead atoms. The fourth-order valence-corrected chi connectivity index (χ4v) is 2.11. The molecule has 4 nitrogen and oxygen atoms in total. The average molecular weight is 337 g/mol. The van der Waals surface area contributed by atoms with E-state index < -0.39 is 0 Å². The number of aromatic nitrogens is 1. The average Bonchev–Trinajstić information content (AvgIpc) is 2.47. The molecule has 0 saturated heterocycles. The lowest BCUT2D eigenvalue weighted by Crippen LogP contribution is -2.12. The largest absolute Gasteiger partial charge is 0.497 e. The van der Waals surface area contributed by atoms with E-state index in [1.165, 1.54) is 0 Å². The van der Waals surface area contributed by atoms with Crippen LogP contribution in [-0.4, -0.2) is 18.6 Å². The molecule has 0 radical (unpaired) electrons. The summed E-state index contributed by atoms with van der Waals surface area (Å²) in [7, 11) is 1.63. The minimum atomic E-state index is 0.575. The number of nitrogens with zero attached hydrogens (tertiary/aromatic N) is 1. The lowest BCUT2D eigenvalue weighted by atomic mass is 10.3. The molecule has 0 aliphatic carbocycles. The quantitative estimate of drug-likeness (QED) is 0.872. The Kier molecular flexibility index (Phi) is 5.38. The van der Waals surface area contributed by atoms with Crippen LogP contribution in [0, 0.1) is 0 Å². The molecule has 0 aliphatic rings. The number of pyridine rings is 1. The van der Waals surface area contributed by atoms with Gasteiger partial charge in [-0.25, -0.2) is 4.98 Å². The summed E-state index contributed by atoms with van der Waals surface area (Å²) in [5.74, 6) is 2.06. The highest BCUT2D eigenvalue weighted by atomic mass is 79.9. The predicted octanol–water partition coefficient (Wildman–Crippen LogP) is 3.75. The zero-order valence-corrected chi connectivity index (χ0v) is 13.1. The van der Waals surface area contributed by atoms with Crippen molar-refractivity contribution in [2.24, 2.45) is 0 Å². The Morgan fingerprint density at radius 1 is 1.25 bits per heavy atom. The van der Waals surface area contributed by atoms with E-state index in [0.717, 1.165) is 29.0 Å². The van der Waals surface area contributed by atoms with E-state index >= 15 is 0 Å². The molecule has 0 amide bonds. The maximum absolute atomic E-state index is 5.79. The van der Waals surface area contributed by atoms with Gasteiger partial charge in [0.15, 0.2) is 0 Å². The molecule has 0 spiro atoms. The Labute approximate surface area is 127 Å². The Bertz CT molecular complexity index is 576. The van der Waals surface area contributed by atoms with Crippen molar-refractivity contribution in [1.29, 1.82) is 0 Å². The maximum atomic E-state index is 5.79. The molecule has 1 aromatic heterocycles. The Hall–Kier alpha value is -1.59. The fourth-order valence-electron chi connectivity index (χ4n) is 1.67. The van der Waals surface area contributed by atoms with Crippen molar-refractivity contribution in [3.8, 4) is 17.4 Å². The van der Waals surface area contributed by atoms with E-state index in [9.17, 15) is 0 Å². The number of rotatable bonds is 6. The van der Waals surface area contributed by atoms with Gasteiger partial charge in [0.1, 0.15) is 11.5 Å². The van der Waals surface area contributed by atoms with E-state index in [1.807, 2.05) is 36.4 Å². The third-order valence-electron chi connectivity index (χ3n) is 2.69. The second-order valence-electron chi connectivity index (χ2n) is 4.15. The first-order valence-corrected chi connectivity index (χ1v) is 7.20. The van der Waals surface area contributed by atoms with Gasteiger partial charge in [-0.2, -0.15) is 0 Å². The molecule has 1 N–H and O–H groups in total. The van der Waals surface area contributed by atoms with Crippen LogP contribution in [0.5, 0.6) is 17.4 Å². The van der Waals surface area contributed by atoms with E-state index in [-0.39, 0.29) is 0 Å². The van der Waals surface area contributed by atoms with Gasteiger partial charge in [-0.3, -0.25) is 0 Å². The molecule has 0 fully saturated rings. The van der Waals surface area contributed by atoms with Crippen LogP contribution >= 0.6 is 15.9 Å². The molecule has 20 heavy (non-hydrogen) atoms. The monoisotopic (exact) mass is 336 g/mol. The zero-order chi connectivity index (χ0) is 14.4. The van der Waals surface area contributed by atoms with Crippen molar-refractivity contribution < 1.29 is 9.47 Å². The molecule has 106 valence electrons. The third-order valence-corrected chi connectivity index (χ3v) is 3.31. The second-order valence-corrected chi connectivity index (χ2v) is 5.00. The number of hydrogen-bond acceptors (Lipinski definition) is 4. The first kappa shape index (κ1) is 14.8. The normalized spacial score (nSPS) is 10.3. The minimum absolute atomic E-state index is 0.575. The summed E-state index contributed by atoms with van der Waals surface area (Å²) in [6.45, 7) is 3.71. The van der Waals surface area contributed by atoms with Gasteiger partial charge in [0.2, 0.25) is 5.88 Å². The van der Waals surface area contributed by atoms with Gasteiger partial charge in [-0.05, 0) is 46.7 Å². The first-order chi connectivity index (χ1) is 9.72. The third kappa shape index (κ3) is 3.95. The van der Waals surface area contributed by atoms with Crippen molar-refractivity contribution in [1.82, 2.24) is 10.3 Å². The van der Waals surface area contributed by atoms with Crippen molar-refractivity contribution in [3.05, 3.63) is 46.6 Å². The van der Waals surface area contributed by atoms with Crippen LogP contribution in [0.4, 0.5) is 0 Å². The van der Waals surface area contributed by atoms with Gasteiger partial charge in [0.05, 0.1) is 17.3 Å². The molecule has 2 aromatic rings. The van der Waals surface area contributed by atoms with Crippen LogP contribution in [0.15, 0.2) is 40.9 Å². The summed E-state index contributed by atoms with van der Waals surface area (Å²) in [6.07, 6.45) is 0. The van der Waals surface area contributed by atoms with Crippen LogP contribution in [0.25, 0.3) is 0 Å². The zero-order valence-electron chi connectivity index (χ0n) is 11.5. The van der Waals surface area contributed by atoms with Gasteiger partial charge >= 0.3 is 0 Å². The minimum Gasteiger partial charge on any atom is -0.497 e. The van der Waals surface area contributed by atoms with Crippen molar-refractivity contribution in [2.45, 2.75) is 13.5 Å². The summed E-state index contributed by atoms with van der Waals surface area (Å²) in [5.41, 5.74) is 0.953. The topological polar surface area (TPSA) is 43.4 Å². The molecule has 1 heterocycles. The summed E-state index contributed by atoms with van der Waals surface area (Å²) < 4.78 is 11.8. The molecular formula is C15H17BrN2O2. The summed E-state index contributed by atoms with van der Waals surface area (Å²) >= 11 is 3.46. The highest BCUT2D eigenvalue weighted by Crippen LogP contribution is 2.32. The molecule has 0 unspecified atom stereocenters. The molecule has 0 saturated carbocycles. The highest BCUT2D eigenvalue weighted by Gasteiger charge is 2.06. The highest BCUT2D eigenvalue weighted by molar-refractivity contribution is 9.10. The molecule has 5 heteroatoms. The van der Waals surface area contributed by atoms with Crippen LogP contribution in [0.3, 0.4) is 0 Å². The van der Waals surface area contributed by atoms with E-state index in [2.05, 4.69) is 33.2 Å². The second kappa shape index (κ2) is 7.26. The van der Waals surface area contributed by atoms with Crippen LogP contribution in [0.2, 0.25) is 0 Å². The standard InChI is InChI=1S/C15H17BrN2O2/c1-3-17-10-11-5-4-6-15(18-11)20-14-8-7-12(19-2)9-13(14)16/h4-9,17H,3,10H2,1-2H3. The lowest BCUT2D eigenvalue weighted by molar-refractivity contribution is 0.411. The van der Waals surface area contributed by atoms with Crippen molar-refractivity contribution in [3.63, 3.8) is 0 Å². The van der Waals surface area contributed by atoms with Crippen molar-refractivity contribution >= 4 is 15.9 Å². The number of nitrogens with one attached hydrogen (secondary N) is 1. The molecule has 0 atom stereocenters. The van der Waals surface area contributed by atoms with Crippen LogP contribution < -0.4 is 14.8 Å². The number of methoxy groups -OCH3 is 1. The lowest BCUT2D eigenvalue weighted by Gasteiger charge is -2.09.